The molecule has 5 nitrogen and oxygen atoms in total. The number of amides is 1. The van der Waals surface area contributed by atoms with Gasteiger partial charge in [0.1, 0.15) is 6.10 Å². The molecule has 11 heavy (non-hydrogen) atoms. The van der Waals surface area contributed by atoms with E-state index < -0.39 is 12.0 Å². The van der Waals surface area contributed by atoms with Crippen molar-refractivity contribution in [1.82, 2.24) is 10.6 Å². The first-order valence-electron chi connectivity index (χ1n) is 3.43. The van der Waals surface area contributed by atoms with Crippen molar-refractivity contribution >= 4 is 5.91 Å². The van der Waals surface area contributed by atoms with E-state index in [9.17, 15) is 4.79 Å². The third-order valence-electron chi connectivity index (χ3n) is 1.11. The van der Waals surface area contributed by atoms with E-state index in [1.165, 1.54) is 0 Å². The van der Waals surface area contributed by atoms with Crippen LogP contribution >= 0.6 is 0 Å². The predicted octanol–water partition coefficient (Wildman–Crippen LogP) is -2.32. The number of likely N-dealkylation sites (N-methyl/N-ethyl adjacent to an activating group) is 1. The molecule has 66 valence electrons. The van der Waals surface area contributed by atoms with E-state index in [1.807, 2.05) is 0 Å². The average Bonchev–Trinajstić information content (AvgIpc) is 2.00. The van der Waals surface area contributed by atoms with Gasteiger partial charge in [-0.15, -0.1) is 0 Å². The smallest absolute Gasteiger partial charge is 0.250 e. The molecule has 0 aromatic heterocycles. The van der Waals surface area contributed by atoms with Gasteiger partial charge in [0, 0.05) is 13.1 Å². The van der Waals surface area contributed by atoms with Crippen LogP contribution in [0.15, 0.2) is 0 Å². The Balaban J connectivity index is 3.47. The van der Waals surface area contributed by atoms with Crippen molar-refractivity contribution in [3.63, 3.8) is 0 Å². The predicted molar refractivity (Wildman–Crippen MR) is 40.0 cm³/mol. The van der Waals surface area contributed by atoms with Gasteiger partial charge < -0.3 is 20.8 Å². The first kappa shape index (κ1) is 10.3. The molecule has 0 saturated carbocycles. The minimum Gasteiger partial charge on any atom is -0.395 e. The molecular weight excluding hydrogens is 148 g/mol. The van der Waals surface area contributed by atoms with Gasteiger partial charge in [0.2, 0.25) is 5.91 Å². The first-order valence-corrected chi connectivity index (χ1v) is 3.43. The molecule has 1 unspecified atom stereocenters. The molecule has 0 aromatic carbocycles. The third kappa shape index (κ3) is 4.72. The van der Waals surface area contributed by atoms with Crippen LogP contribution in [0.4, 0.5) is 0 Å². The Morgan fingerprint density at radius 1 is 1.64 bits per heavy atom. The lowest BCUT2D eigenvalue weighted by atomic mass is 10.3. The maximum absolute atomic E-state index is 10.8. The lowest BCUT2D eigenvalue weighted by molar-refractivity contribution is -0.129. The van der Waals surface area contributed by atoms with Gasteiger partial charge in [-0.05, 0) is 7.05 Å². The molecule has 4 N–H and O–H groups in total. The van der Waals surface area contributed by atoms with Crippen molar-refractivity contribution in [2.24, 2.45) is 0 Å². The van der Waals surface area contributed by atoms with Crippen molar-refractivity contribution in [3.05, 3.63) is 0 Å². The molecule has 1 amide bonds. The molecule has 0 radical (unpaired) electrons. The molecule has 1 atom stereocenters. The number of hydrogen-bond donors (Lipinski definition) is 4. The van der Waals surface area contributed by atoms with Gasteiger partial charge in [-0.25, -0.2) is 0 Å². The molecule has 0 heterocycles. The van der Waals surface area contributed by atoms with Crippen molar-refractivity contribution in [3.8, 4) is 0 Å². The summed E-state index contributed by atoms with van der Waals surface area (Å²) in [6, 6.07) is 0. The van der Waals surface area contributed by atoms with Gasteiger partial charge >= 0.3 is 0 Å². The van der Waals surface area contributed by atoms with E-state index >= 15 is 0 Å². The lowest BCUT2D eigenvalue weighted by Gasteiger charge is -2.08. The van der Waals surface area contributed by atoms with E-state index in [4.69, 9.17) is 10.2 Å². The van der Waals surface area contributed by atoms with Gasteiger partial charge in [0.25, 0.3) is 0 Å². The normalized spacial score (nSPS) is 12.6. The molecule has 0 bridgehead atoms. The highest BCUT2D eigenvalue weighted by Crippen LogP contribution is 1.78. The van der Waals surface area contributed by atoms with Crippen molar-refractivity contribution in [1.29, 1.82) is 0 Å². The lowest BCUT2D eigenvalue weighted by Crippen LogP contribution is -2.41. The number of aliphatic hydroxyl groups is 2. The number of aliphatic hydroxyl groups excluding tert-OH is 2. The summed E-state index contributed by atoms with van der Waals surface area (Å²) in [5, 5.41) is 22.3. The third-order valence-corrected chi connectivity index (χ3v) is 1.11. The highest BCUT2D eigenvalue weighted by atomic mass is 16.3. The van der Waals surface area contributed by atoms with E-state index in [1.54, 1.807) is 7.05 Å². The van der Waals surface area contributed by atoms with Crippen LogP contribution in [0.2, 0.25) is 0 Å². The van der Waals surface area contributed by atoms with Crippen molar-refractivity contribution < 1.29 is 15.0 Å². The standard InChI is InChI=1S/C6H14N2O3/c1-7-4-5(10)6(11)8-2-3-9/h5,7,9-10H,2-4H2,1H3,(H,8,11). The molecule has 0 aliphatic heterocycles. The molecule has 0 rings (SSSR count). The molecule has 0 spiro atoms. The van der Waals surface area contributed by atoms with Gasteiger partial charge in [-0.2, -0.15) is 0 Å². The van der Waals surface area contributed by atoms with Gasteiger partial charge in [0.15, 0.2) is 0 Å². The molecule has 0 aliphatic rings. The zero-order chi connectivity index (χ0) is 8.69. The summed E-state index contributed by atoms with van der Waals surface area (Å²) in [7, 11) is 1.64. The average molecular weight is 162 g/mol. The van der Waals surface area contributed by atoms with Gasteiger partial charge in [-0.3, -0.25) is 4.79 Å². The van der Waals surface area contributed by atoms with Gasteiger partial charge in [-0.1, -0.05) is 0 Å². The minimum atomic E-state index is -1.04. The summed E-state index contributed by atoms with van der Waals surface area (Å²) in [5.41, 5.74) is 0. The Hall–Kier alpha value is -0.650. The Morgan fingerprint density at radius 2 is 2.27 bits per heavy atom. The monoisotopic (exact) mass is 162 g/mol. The highest BCUT2D eigenvalue weighted by molar-refractivity contribution is 5.80. The Morgan fingerprint density at radius 3 is 2.73 bits per heavy atom. The minimum absolute atomic E-state index is 0.113. The number of nitrogens with one attached hydrogen (secondary N) is 2. The van der Waals surface area contributed by atoms with Crippen LogP contribution in [0.25, 0.3) is 0 Å². The van der Waals surface area contributed by atoms with Crippen LogP contribution in [0.3, 0.4) is 0 Å². The van der Waals surface area contributed by atoms with Gasteiger partial charge in [0.05, 0.1) is 6.61 Å². The molecule has 0 aromatic rings. The summed E-state index contributed by atoms with van der Waals surface area (Å²) < 4.78 is 0. The molecule has 0 saturated heterocycles. The Kier molecular flexibility index (Phi) is 5.73. The fraction of sp³-hybridized carbons (Fsp3) is 0.833. The summed E-state index contributed by atoms with van der Waals surface area (Å²) in [4.78, 5) is 10.8. The SMILES string of the molecule is CNCC(O)C(=O)NCCO. The number of carbonyl (C=O) groups is 1. The van der Waals surface area contributed by atoms with Crippen LogP contribution in [-0.2, 0) is 4.79 Å². The maximum atomic E-state index is 10.8. The van der Waals surface area contributed by atoms with Crippen molar-refractivity contribution in [2.45, 2.75) is 6.10 Å². The summed E-state index contributed by atoms with van der Waals surface area (Å²) >= 11 is 0. The summed E-state index contributed by atoms with van der Waals surface area (Å²) in [6.45, 7) is 0.287. The molecule has 5 heteroatoms. The van der Waals surface area contributed by atoms with Crippen molar-refractivity contribution in [2.75, 3.05) is 26.7 Å². The molecule has 0 fully saturated rings. The highest BCUT2D eigenvalue weighted by Gasteiger charge is 2.11. The van der Waals surface area contributed by atoms with Crippen LogP contribution in [0, 0.1) is 0 Å². The van der Waals surface area contributed by atoms with E-state index in [0.717, 1.165) is 0 Å². The van der Waals surface area contributed by atoms with E-state index in [2.05, 4.69) is 10.6 Å². The second-order valence-corrected chi connectivity index (χ2v) is 2.09. The summed E-state index contributed by atoms with van der Waals surface area (Å²) in [6.07, 6.45) is -1.04. The fourth-order valence-electron chi connectivity index (χ4n) is 0.583. The Bertz CT molecular complexity index is 118. The number of carbonyl (C=O) groups excluding carboxylic acids is 1. The van der Waals surface area contributed by atoms with Crippen LogP contribution < -0.4 is 10.6 Å². The Labute approximate surface area is 65.4 Å². The largest absolute Gasteiger partial charge is 0.395 e. The topological polar surface area (TPSA) is 81.6 Å². The second kappa shape index (κ2) is 6.09. The maximum Gasteiger partial charge on any atom is 0.250 e. The number of hydrogen-bond acceptors (Lipinski definition) is 4. The summed E-state index contributed by atoms with van der Waals surface area (Å²) in [5.74, 6) is -0.464. The number of rotatable bonds is 5. The first-order chi connectivity index (χ1) is 5.22. The van der Waals surface area contributed by atoms with Crippen LogP contribution in [0.1, 0.15) is 0 Å². The van der Waals surface area contributed by atoms with Crippen LogP contribution in [-0.4, -0.2) is 49.0 Å². The zero-order valence-electron chi connectivity index (χ0n) is 6.50. The van der Waals surface area contributed by atoms with E-state index in [-0.39, 0.29) is 19.7 Å². The zero-order valence-corrected chi connectivity index (χ0v) is 6.50. The molecular formula is C6H14N2O3. The quantitative estimate of drug-likeness (QED) is 0.365. The van der Waals surface area contributed by atoms with E-state index in [0.29, 0.717) is 0 Å². The van der Waals surface area contributed by atoms with Crippen LogP contribution in [0.5, 0.6) is 0 Å². The molecule has 0 aliphatic carbocycles. The fourth-order valence-corrected chi connectivity index (χ4v) is 0.583. The second-order valence-electron chi connectivity index (χ2n) is 2.09.